The molecule has 0 saturated heterocycles. The number of Topliss-reactive ketones (excluding diaryl/α,β-unsaturated/α-hetero) is 2. The molecule has 1 amide bonds. The quantitative estimate of drug-likeness (QED) is 0.206. The lowest BCUT2D eigenvalue weighted by molar-refractivity contribution is -0.151. The topological polar surface area (TPSA) is 216 Å². The van der Waals surface area contributed by atoms with E-state index < -0.39 is 23.1 Å². The summed E-state index contributed by atoms with van der Waals surface area (Å²) < 4.78 is 0. The van der Waals surface area contributed by atoms with Gasteiger partial charge in [-0.3, -0.25) is 14.4 Å². The Kier molecular flexibility index (Phi) is 11.5. The highest BCUT2D eigenvalue weighted by Crippen LogP contribution is 2.70. The third-order valence-corrected chi connectivity index (χ3v) is 20.8. The van der Waals surface area contributed by atoms with Gasteiger partial charge in [0.2, 0.25) is 0 Å². The average Bonchev–Trinajstić information content (AvgIpc) is 4.04. The first-order chi connectivity index (χ1) is 30.1. The van der Waals surface area contributed by atoms with Crippen molar-refractivity contribution in [1.82, 2.24) is 30.0 Å². The number of nitrogens with zero attached hydrogens (tertiary/aromatic N) is 6. The molecule has 64 heavy (non-hydrogen) atoms. The molecule has 14 nitrogen and oxygen atoms in total. The summed E-state index contributed by atoms with van der Waals surface area (Å²) in [6.07, 6.45) is 22.0. The number of carboxylic acids is 1. The fourth-order valence-corrected chi connectivity index (χ4v) is 17.4. The van der Waals surface area contributed by atoms with Crippen molar-refractivity contribution < 1.29 is 34.5 Å². The molecule has 0 spiro atoms. The Labute approximate surface area is 378 Å². The summed E-state index contributed by atoms with van der Waals surface area (Å²) in [5.74, 6) is 3.85. The Bertz CT molecular complexity index is 2000. The zero-order valence-corrected chi connectivity index (χ0v) is 39.3. The molecule has 8 saturated carbocycles. The van der Waals surface area contributed by atoms with Crippen molar-refractivity contribution in [2.24, 2.45) is 86.6 Å². The van der Waals surface area contributed by atoms with Crippen molar-refractivity contribution in [2.75, 3.05) is 0 Å². The molecule has 352 valence electrons. The molecule has 8 aliphatic carbocycles. The monoisotopic (exact) mass is 886 g/mol. The maximum Gasteiger partial charge on any atom is 0.358 e. The van der Waals surface area contributed by atoms with Gasteiger partial charge in [-0.05, 0) is 198 Å². The van der Waals surface area contributed by atoms with E-state index in [0.717, 1.165) is 83.0 Å². The Morgan fingerprint density at radius 1 is 0.562 bits per heavy atom. The summed E-state index contributed by atoms with van der Waals surface area (Å²) in [7, 11) is 0. The number of aromatic nitrogens is 6. The second-order valence-corrected chi connectivity index (χ2v) is 24.2. The Morgan fingerprint density at radius 3 is 1.36 bits per heavy atom. The number of aromatic carboxylic acids is 1. The minimum Gasteiger partial charge on any atom is -0.476 e. The van der Waals surface area contributed by atoms with Gasteiger partial charge in [-0.1, -0.05) is 27.7 Å². The minimum atomic E-state index is -1.12. The van der Waals surface area contributed by atoms with E-state index >= 15 is 0 Å². The van der Waals surface area contributed by atoms with E-state index in [9.17, 15) is 29.4 Å². The number of aliphatic hydroxyl groups is 2. The van der Waals surface area contributed by atoms with Crippen molar-refractivity contribution in [3.05, 3.63) is 23.8 Å². The number of carbonyl (C=O) groups is 4. The van der Waals surface area contributed by atoms with Crippen LogP contribution in [-0.4, -0.2) is 80.0 Å². The zero-order chi connectivity index (χ0) is 45.8. The number of carboxylic acid groups (broad SMARTS) is 1. The van der Waals surface area contributed by atoms with Crippen LogP contribution in [0.1, 0.15) is 178 Å². The highest BCUT2D eigenvalue weighted by molar-refractivity contribution is 5.90. The van der Waals surface area contributed by atoms with Gasteiger partial charge in [0.15, 0.2) is 23.0 Å². The van der Waals surface area contributed by atoms with Gasteiger partial charge in [0.25, 0.3) is 5.91 Å². The van der Waals surface area contributed by atoms with E-state index in [-0.39, 0.29) is 58.7 Å². The number of hydrogen-bond donors (Lipinski definition) is 4. The molecule has 8 aliphatic rings. The van der Waals surface area contributed by atoms with Crippen LogP contribution in [0.5, 0.6) is 0 Å². The van der Waals surface area contributed by atoms with Crippen LogP contribution < -0.4 is 5.73 Å². The summed E-state index contributed by atoms with van der Waals surface area (Å²) in [5.41, 5.74) is 4.96. The standard InChI is InChI=1S/C25H38N4O3.C25H37N3O4/c1-23(32)10-11-24(2)15(12-23)4-5-16-17-6-7-19(25(17,3)9-8-18(16)24)21(30)14-29-27-13-20(28-29)22(26)31;1-23(32)10-11-24(2)15(12-23)4-5-16-17-6-7-19(25(17,3)9-8-18(16)24)21(29)14-28-26-13-20(27-28)22(30)31/h13,15-19,32H,4-12,14H2,1-3H3,(H2,26,31);13,15-19,32H,4-12,14H2,1-3H3,(H,30,31)/t2*15-,16+,17+,18+,19-,23-,24+,25+/m11/s1. The molecule has 0 unspecified atom stereocenters. The number of primary amides is 1. The predicted molar refractivity (Wildman–Crippen MR) is 237 cm³/mol. The molecule has 2 aromatic heterocycles. The molecule has 2 aromatic rings. The average molecular weight is 886 g/mol. The number of fused-ring (bicyclic) bond motifs is 10. The Morgan fingerprint density at radius 2 is 0.969 bits per heavy atom. The first-order valence-electron chi connectivity index (χ1n) is 24.9. The molecular formula is C50H75N7O7. The van der Waals surface area contributed by atoms with Gasteiger partial charge in [0.1, 0.15) is 13.1 Å². The molecule has 0 aliphatic heterocycles. The molecule has 5 N–H and O–H groups in total. The van der Waals surface area contributed by atoms with Gasteiger partial charge < -0.3 is 21.1 Å². The van der Waals surface area contributed by atoms with Crippen molar-refractivity contribution in [3.63, 3.8) is 0 Å². The van der Waals surface area contributed by atoms with Crippen LogP contribution in [0, 0.1) is 80.8 Å². The van der Waals surface area contributed by atoms with Crippen LogP contribution in [0.25, 0.3) is 0 Å². The van der Waals surface area contributed by atoms with Crippen LogP contribution in [0.2, 0.25) is 0 Å². The smallest absolute Gasteiger partial charge is 0.358 e. The van der Waals surface area contributed by atoms with Crippen LogP contribution in [0.3, 0.4) is 0 Å². The second-order valence-electron chi connectivity index (χ2n) is 24.2. The number of carbonyl (C=O) groups excluding carboxylic acids is 3. The number of hydrogen-bond acceptors (Lipinski definition) is 10. The fourth-order valence-electron chi connectivity index (χ4n) is 17.4. The summed E-state index contributed by atoms with van der Waals surface area (Å²) in [4.78, 5) is 51.6. The van der Waals surface area contributed by atoms with Crippen LogP contribution in [0.15, 0.2) is 12.4 Å². The third-order valence-electron chi connectivity index (χ3n) is 20.8. The first-order valence-corrected chi connectivity index (χ1v) is 24.9. The van der Waals surface area contributed by atoms with Crippen molar-refractivity contribution in [2.45, 2.75) is 181 Å². The van der Waals surface area contributed by atoms with E-state index in [1.807, 2.05) is 13.8 Å². The van der Waals surface area contributed by atoms with Crippen LogP contribution >= 0.6 is 0 Å². The van der Waals surface area contributed by atoms with Crippen LogP contribution in [-0.2, 0) is 22.7 Å². The zero-order valence-electron chi connectivity index (χ0n) is 39.3. The van der Waals surface area contributed by atoms with E-state index in [1.54, 1.807) is 0 Å². The lowest BCUT2D eigenvalue weighted by atomic mass is 9.44. The van der Waals surface area contributed by atoms with Crippen molar-refractivity contribution >= 4 is 23.4 Å². The molecule has 16 atom stereocenters. The van der Waals surface area contributed by atoms with Gasteiger partial charge in [0.05, 0.1) is 23.6 Å². The largest absolute Gasteiger partial charge is 0.476 e. The Balaban J connectivity index is 0.000000162. The highest BCUT2D eigenvalue weighted by atomic mass is 16.4. The third kappa shape index (κ3) is 7.69. The number of ketones is 2. The molecule has 14 heteroatoms. The predicted octanol–water partition coefficient (Wildman–Crippen LogP) is 7.31. The van der Waals surface area contributed by atoms with E-state index in [0.29, 0.717) is 52.3 Å². The van der Waals surface area contributed by atoms with Gasteiger partial charge >= 0.3 is 5.97 Å². The van der Waals surface area contributed by atoms with Crippen molar-refractivity contribution in [3.8, 4) is 0 Å². The fraction of sp³-hybridized carbons (Fsp3) is 0.840. The highest BCUT2D eigenvalue weighted by Gasteiger charge is 2.63. The molecule has 0 bridgehead atoms. The molecule has 8 fully saturated rings. The van der Waals surface area contributed by atoms with E-state index in [2.05, 4.69) is 48.1 Å². The molecule has 10 rings (SSSR count). The van der Waals surface area contributed by atoms with Gasteiger partial charge in [0, 0.05) is 11.8 Å². The summed E-state index contributed by atoms with van der Waals surface area (Å²) in [6.45, 7) is 13.9. The van der Waals surface area contributed by atoms with E-state index in [1.165, 1.54) is 60.5 Å². The number of nitrogens with two attached hydrogens (primary N) is 1. The molecule has 2 heterocycles. The second kappa shape index (κ2) is 16.1. The van der Waals surface area contributed by atoms with E-state index in [4.69, 9.17) is 10.8 Å². The normalized spacial score (nSPS) is 45.6. The van der Waals surface area contributed by atoms with Crippen LogP contribution in [0.4, 0.5) is 0 Å². The minimum absolute atomic E-state index is 0.00495. The van der Waals surface area contributed by atoms with Crippen molar-refractivity contribution in [1.29, 1.82) is 0 Å². The number of rotatable bonds is 8. The summed E-state index contributed by atoms with van der Waals surface area (Å²) >= 11 is 0. The number of amides is 1. The molecular weight excluding hydrogens is 811 g/mol. The summed E-state index contributed by atoms with van der Waals surface area (Å²) in [5, 5.41) is 46.5. The SMILES string of the molecule is C[C@@]1(O)CC[C@@]2(C)[C@H](CC[C@@H]3[C@@H]2CC[C@]2(C)[C@@H](C(=O)Cn4ncc(C(=O)O)n4)CC[C@@H]32)C1.C[C@@]1(O)CC[C@@]2(C)[C@H](CC[C@@H]3[C@@H]2CC[C@]2(C)[C@@H](C(=O)Cn4ncc(C(N)=O)n4)CC[C@@H]32)C1. The maximum absolute atomic E-state index is 13.3. The summed E-state index contributed by atoms with van der Waals surface area (Å²) in [6, 6.07) is 0. The maximum atomic E-state index is 13.3. The van der Waals surface area contributed by atoms with Gasteiger partial charge in [-0.2, -0.15) is 19.8 Å². The Hall–Kier alpha value is -3.52. The van der Waals surface area contributed by atoms with Gasteiger partial charge in [-0.15, -0.1) is 10.2 Å². The van der Waals surface area contributed by atoms with Gasteiger partial charge in [-0.25, -0.2) is 4.79 Å². The lowest BCUT2D eigenvalue weighted by Gasteiger charge is -2.61. The molecule has 0 radical (unpaired) electrons. The molecule has 0 aromatic carbocycles. The first kappa shape index (κ1) is 45.6. The lowest BCUT2D eigenvalue weighted by Crippen LogP contribution is -2.55.